The summed E-state index contributed by atoms with van der Waals surface area (Å²) >= 11 is 0. The molecule has 0 atom stereocenters. The van der Waals surface area contributed by atoms with Crippen LogP contribution in [0.3, 0.4) is 0 Å². The Kier molecular flexibility index (Phi) is 1.74. The predicted octanol–water partition coefficient (Wildman–Crippen LogP) is 0.289. The minimum atomic E-state index is -2.14. The van der Waals surface area contributed by atoms with E-state index in [2.05, 4.69) is 10.0 Å². The monoisotopic (exact) mass is 89.1 g/mol. The molecule has 0 radical (unpaired) electrons. The van der Waals surface area contributed by atoms with Crippen LogP contribution in [0.4, 0.5) is 0 Å². The fourth-order valence-corrected chi connectivity index (χ4v) is 0.0632. The van der Waals surface area contributed by atoms with Gasteiger partial charge in [0, 0.05) is 20.8 Å². The van der Waals surface area contributed by atoms with Crippen molar-refractivity contribution in [3.63, 3.8) is 0 Å². The minimum absolute atomic E-state index is 0.781. The number of hydrogen-bond acceptors (Lipinski definition) is 2. The van der Waals surface area contributed by atoms with E-state index in [1.165, 1.54) is 0 Å². The van der Waals surface area contributed by atoms with E-state index in [1.54, 1.807) is 0 Å². The maximum absolute atomic E-state index is 8.09. The molecule has 0 heterocycles. The first-order chi connectivity index (χ1) is 3.62. The zero-order valence-corrected chi connectivity index (χ0v) is 3.00. The Labute approximate surface area is 37.8 Å². The third-order valence-electron chi connectivity index (χ3n) is 0.186. The van der Waals surface area contributed by atoms with Crippen LogP contribution in [0.2, 0.25) is 0 Å². The van der Waals surface area contributed by atoms with Gasteiger partial charge < -0.3 is 5.11 Å². The molecular formula is C2H5N3O. The molecule has 0 aliphatic carbocycles. The highest BCUT2D eigenvalue weighted by Gasteiger charge is 1.66. The highest BCUT2D eigenvalue weighted by Crippen LogP contribution is 1.63. The number of aliphatic hydroxyl groups is 1. The minimum Gasteiger partial charge on any atom is -0.396 e. The highest BCUT2D eigenvalue weighted by atomic mass is 16.3. The van der Waals surface area contributed by atoms with Gasteiger partial charge in [0.1, 0.15) is 0 Å². The number of azide groups is 1. The highest BCUT2D eigenvalue weighted by molar-refractivity contribution is 4.40. The second kappa shape index (κ2) is 4.27. The van der Waals surface area contributed by atoms with Crippen LogP contribution >= 0.6 is 0 Å². The molecule has 0 amide bonds. The van der Waals surface area contributed by atoms with Crippen molar-refractivity contribution in [2.75, 3.05) is 13.1 Å². The fraction of sp³-hybridized carbons (Fsp3) is 1.00. The predicted molar refractivity (Wildman–Crippen MR) is 21.1 cm³/mol. The molecule has 0 saturated heterocycles. The molecule has 0 aromatic heterocycles. The Morgan fingerprint density at radius 1 is 2.17 bits per heavy atom. The van der Waals surface area contributed by atoms with Crippen molar-refractivity contribution in [2.45, 2.75) is 0 Å². The van der Waals surface area contributed by atoms with Gasteiger partial charge in [-0.1, -0.05) is 5.11 Å². The summed E-state index contributed by atoms with van der Waals surface area (Å²) in [4.78, 5) is 2.17. The normalized spacial score (nSPS) is 14.2. The lowest BCUT2D eigenvalue weighted by molar-refractivity contribution is 0.306. The Balaban J connectivity index is 3.90. The Bertz CT molecular complexity index is 118. The summed E-state index contributed by atoms with van der Waals surface area (Å²) < 4.78 is 13.1. The Morgan fingerprint density at radius 3 is 3.00 bits per heavy atom. The second-order valence-corrected chi connectivity index (χ2v) is 0.506. The third-order valence-corrected chi connectivity index (χ3v) is 0.186. The van der Waals surface area contributed by atoms with Gasteiger partial charge >= 0.3 is 0 Å². The summed E-state index contributed by atoms with van der Waals surface area (Å²) in [5, 5.41) is 10.7. The molecule has 0 aromatic rings. The van der Waals surface area contributed by atoms with E-state index in [4.69, 9.17) is 13.4 Å². The molecule has 1 N–H and O–H groups in total. The van der Waals surface area contributed by atoms with Crippen LogP contribution in [0.5, 0.6) is 0 Å². The van der Waals surface area contributed by atoms with E-state index in [-0.39, 0.29) is 0 Å². The van der Waals surface area contributed by atoms with Crippen LogP contribution in [0.25, 0.3) is 10.4 Å². The summed E-state index contributed by atoms with van der Waals surface area (Å²) in [6.07, 6.45) is 0. The van der Waals surface area contributed by atoms with Gasteiger partial charge in [-0.15, -0.1) is 0 Å². The number of nitrogens with zero attached hydrogens (tertiary/aromatic N) is 3. The topological polar surface area (TPSA) is 69.0 Å². The molecular weight excluding hydrogens is 82.0 g/mol. The lowest BCUT2D eigenvalue weighted by atomic mass is 10.8. The van der Waals surface area contributed by atoms with Gasteiger partial charge in [0.05, 0.1) is 0 Å². The maximum Gasteiger partial charge on any atom is 0.0490 e. The molecule has 0 rings (SSSR count). The third kappa shape index (κ3) is 3.27. The first-order valence-corrected chi connectivity index (χ1v) is 1.29. The molecule has 0 bridgehead atoms. The zero-order valence-electron chi connectivity index (χ0n) is 5.00. The van der Waals surface area contributed by atoms with Crippen LogP contribution in [0.15, 0.2) is 5.11 Å². The van der Waals surface area contributed by atoms with Crippen molar-refractivity contribution in [3.05, 3.63) is 10.4 Å². The van der Waals surface area contributed by atoms with Gasteiger partial charge in [-0.25, -0.2) is 0 Å². The average molecular weight is 89.1 g/mol. The van der Waals surface area contributed by atoms with E-state index in [1.807, 2.05) is 0 Å². The summed E-state index contributed by atoms with van der Waals surface area (Å²) in [6, 6.07) is 0. The van der Waals surface area contributed by atoms with Gasteiger partial charge in [0.25, 0.3) is 0 Å². The smallest absolute Gasteiger partial charge is 0.0490 e. The SMILES string of the molecule is [2H]C([2H])(CO)N=[N+]=[N-]. The first kappa shape index (κ1) is 2.44. The molecule has 0 aromatic carbocycles. The molecule has 4 heteroatoms. The molecule has 0 spiro atoms. The van der Waals surface area contributed by atoms with Gasteiger partial charge in [0.15, 0.2) is 0 Å². The lowest BCUT2D eigenvalue weighted by Gasteiger charge is -1.72. The van der Waals surface area contributed by atoms with Crippen LogP contribution < -0.4 is 0 Å². The standard InChI is InChI=1S/C2H5N3O/c3-5-4-1-2-6/h6H,1-2H2/i1D2. The van der Waals surface area contributed by atoms with E-state index >= 15 is 0 Å². The molecule has 34 valence electrons. The Morgan fingerprint density at radius 2 is 2.83 bits per heavy atom. The van der Waals surface area contributed by atoms with Crippen LogP contribution in [0.1, 0.15) is 2.74 Å². The van der Waals surface area contributed by atoms with Crippen LogP contribution in [-0.2, 0) is 0 Å². The van der Waals surface area contributed by atoms with E-state index in [0.717, 1.165) is 0 Å². The molecule has 0 unspecified atom stereocenters. The molecule has 6 heavy (non-hydrogen) atoms. The Hall–Kier alpha value is -0.730. The summed E-state index contributed by atoms with van der Waals surface area (Å²) in [5.41, 5.74) is 7.64. The lowest BCUT2D eigenvalue weighted by Crippen LogP contribution is -1.82. The number of aliphatic hydroxyl groups excluding tert-OH is 1. The largest absolute Gasteiger partial charge is 0.396 e. The van der Waals surface area contributed by atoms with Crippen molar-refractivity contribution in [1.82, 2.24) is 0 Å². The van der Waals surface area contributed by atoms with E-state index in [9.17, 15) is 0 Å². The van der Waals surface area contributed by atoms with E-state index < -0.39 is 13.1 Å². The molecule has 0 fully saturated rings. The van der Waals surface area contributed by atoms with Crippen LogP contribution in [0, 0.1) is 0 Å². The van der Waals surface area contributed by atoms with Gasteiger partial charge in [-0.3, -0.25) is 0 Å². The van der Waals surface area contributed by atoms with Gasteiger partial charge in [-0.2, -0.15) is 0 Å². The number of hydrogen-bond donors (Lipinski definition) is 1. The van der Waals surface area contributed by atoms with Crippen molar-refractivity contribution in [1.29, 1.82) is 0 Å². The second-order valence-electron chi connectivity index (χ2n) is 0.506. The average Bonchev–Trinajstić information content (AvgIpc) is 1.67. The van der Waals surface area contributed by atoms with Crippen molar-refractivity contribution >= 4 is 0 Å². The van der Waals surface area contributed by atoms with Crippen molar-refractivity contribution < 1.29 is 7.85 Å². The molecule has 4 nitrogen and oxygen atoms in total. The van der Waals surface area contributed by atoms with Crippen molar-refractivity contribution in [2.24, 2.45) is 5.11 Å². The molecule has 0 aliphatic rings. The molecule has 0 saturated carbocycles. The summed E-state index contributed by atoms with van der Waals surface area (Å²) in [7, 11) is 0. The number of rotatable bonds is 2. The summed E-state index contributed by atoms with van der Waals surface area (Å²) in [5.74, 6) is 0. The van der Waals surface area contributed by atoms with Gasteiger partial charge in [0.2, 0.25) is 0 Å². The first-order valence-electron chi connectivity index (χ1n) is 2.29. The summed E-state index contributed by atoms with van der Waals surface area (Å²) in [6.45, 7) is -2.92. The maximum atomic E-state index is 8.09. The molecule has 0 aliphatic heterocycles. The van der Waals surface area contributed by atoms with Crippen LogP contribution in [-0.4, -0.2) is 18.2 Å². The quantitative estimate of drug-likeness (QED) is 0.295. The van der Waals surface area contributed by atoms with Gasteiger partial charge in [-0.05, 0) is 5.53 Å². The zero-order chi connectivity index (χ0) is 6.62. The van der Waals surface area contributed by atoms with Crippen molar-refractivity contribution in [3.8, 4) is 0 Å². The fourth-order valence-electron chi connectivity index (χ4n) is 0.0632. The van der Waals surface area contributed by atoms with E-state index in [0.29, 0.717) is 0 Å².